The van der Waals surface area contributed by atoms with E-state index in [9.17, 15) is 4.79 Å². The third kappa shape index (κ3) is 2.86. The molecule has 0 N–H and O–H groups in total. The molecule has 0 fully saturated rings. The summed E-state index contributed by atoms with van der Waals surface area (Å²) in [4.78, 5) is 28.4. The number of fused-ring (bicyclic) bond motifs is 1. The van der Waals surface area contributed by atoms with Crippen LogP contribution < -0.4 is 0 Å². The van der Waals surface area contributed by atoms with Gasteiger partial charge in [-0.15, -0.1) is 0 Å². The van der Waals surface area contributed by atoms with Crippen molar-refractivity contribution < 1.29 is 4.79 Å². The zero-order chi connectivity index (χ0) is 18.1. The predicted molar refractivity (Wildman–Crippen MR) is 99.4 cm³/mol. The van der Waals surface area contributed by atoms with Gasteiger partial charge in [-0.1, -0.05) is 37.3 Å². The lowest BCUT2D eigenvalue weighted by Gasteiger charge is -2.19. The molecule has 5 nitrogen and oxygen atoms in total. The van der Waals surface area contributed by atoms with Gasteiger partial charge in [-0.3, -0.25) is 9.78 Å². The monoisotopic (exact) mass is 344 g/mol. The summed E-state index contributed by atoms with van der Waals surface area (Å²) in [6.45, 7) is 4.98. The molecule has 5 heteroatoms. The SMILES string of the molecule is CCc1ncc2c(n1)CN(C(=O)c1c(-c3ccccc3)ccnc1C)C2. The summed E-state index contributed by atoms with van der Waals surface area (Å²) < 4.78 is 0. The van der Waals surface area contributed by atoms with Crippen molar-refractivity contribution in [1.29, 1.82) is 0 Å². The van der Waals surface area contributed by atoms with Gasteiger partial charge >= 0.3 is 0 Å². The Morgan fingerprint density at radius 2 is 1.92 bits per heavy atom. The Kier molecular flexibility index (Phi) is 4.21. The molecule has 1 aromatic carbocycles. The van der Waals surface area contributed by atoms with Crippen molar-refractivity contribution in [1.82, 2.24) is 19.9 Å². The summed E-state index contributed by atoms with van der Waals surface area (Å²) in [5.41, 5.74) is 5.32. The maximum atomic E-state index is 13.3. The highest BCUT2D eigenvalue weighted by molar-refractivity contribution is 6.02. The number of hydrogen-bond donors (Lipinski definition) is 0. The fourth-order valence-corrected chi connectivity index (χ4v) is 3.36. The van der Waals surface area contributed by atoms with Gasteiger partial charge in [0.25, 0.3) is 5.91 Å². The summed E-state index contributed by atoms with van der Waals surface area (Å²) in [5.74, 6) is 0.811. The topological polar surface area (TPSA) is 59.0 Å². The fraction of sp³-hybridized carbons (Fsp3) is 0.238. The van der Waals surface area contributed by atoms with E-state index in [-0.39, 0.29) is 5.91 Å². The average Bonchev–Trinajstić information content (AvgIpc) is 3.11. The Hall–Kier alpha value is -3.08. The highest BCUT2D eigenvalue weighted by Crippen LogP contribution is 2.29. The van der Waals surface area contributed by atoms with Crippen LogP contribution in [-0.4, -0.2) is 25.8 Å². The summed E-state index contributed by atoms with van der Waals surface area (Å²) in [6.07, 6.45) is 4.40. The number of aryl methyl sites for hydroxylation is 2. The normalized spacial score (nSPS) is 12.9. The molecule has 4 rings (SSSR count). The Morgan fingerprint density at radius 1 is 1.12 bits per heavy atom. The van der Waals surface area contributed by atoms with Gasteiger partial charge in [0, 0.05) is 30.9 Å². The fourth-order valence-electron chi connectivity index (χ4n) is 3.36. The van der Waals surface area contributed by atoms with Crippen LogP contribution in [0.4, 0.5) is 0 Å². The molecule has 0 spiro atoms. The summed E-state index contributed by atoms with van der Waals surface area (Å²) in [6, 6.07) is 11.9. The van der Waals surface area contributed by atoms with E-state index < -0.39 is 0 Å². The first kappa shape index (κ1) is 16.4. The zero-order valence-electron chi connectivity index (χ0n) is 14.9. The second-order valence-corrected chi connectivity index (χ2v) is 6.46. The van der Waals surface area contributed by atoms with Gasteiger partial charge in [0.15, 0.2) is 0 Å². The number of benzene rings is 1. The van der Waals surface area contributed by atoms with E-state index in [4.69, 9.17) is 0 Å². The lowest BCUT2D eigenvalue weighted by molar-refractivity contribution is 0.0750. The van der Waals surface area contributed by atoms with Crippen molar-refractivity contribution in [2.24, 2.45) is 0 Å². The van der Waals surface area contributed by atoms with Crippen LogP contribution in [0.1, 0.15) is 40.1 Å². The summed E-state index contributed by atoms with van der Waals surface area (Å²) in [5, 5.41) is 0. The molecule has 0 saturated carbocycles. The van der Waals surface area contributed by atoms with Crippen LogP contribution >= 0.6 is 0 Å². The average molecular weight is 344 g/mol. The minimum atomic E-state index is -0.00879. The lowest BCUT2D eigenvalue weighted by Crippen LogP contribution is -2.27. The molecule has 0 atom stereocenters. The number of rotatable bonds is 3. The molecule has 0 unspecified atom stereocenters. The molecule has 1 amide bonds. The quantitative estimate of drug-likeness (QED) is 0.729. The van der Waals surface area contributed by atoms with Gasteiger partial charge in [0.2, 0.25) is 0 Å². The molecule has 3 heterocycles. The van der Waals surface area contributed by atoms with E-state index in [0.717, 1.165) is 40.3 Å². The van der Waals surface area contributed by atoms with Gasteiger partial charge in [-0.25, -0.2) is 9.97 Å². The van der Waals surface area contributed by atoms with Gasteiger partial charge in [-0.05, 0) is 24.1 Å². The molecule has 130 valence electrons. The molecule has 1 aliphatic rings. The third-order valence-electron chi connectivity index (χ3n) is 4.75. The molecule has 0 bridgehead atoms. The molecule has 3 aromatic rings. The van der Waals surface area contributed by atoms with Crippen molar-refractivity contribution in [3.05, 3.63) is 77.1 Å². The van der Waals surface area contributed by atoms with Crippen LogP contribution in [0.3, 0.4) is 0 Å². The first-order chi connectivity index (χ1) is 12.7. The standard InChI is InChI=1S/C21H20N4O/c1-3-19-23-11-16-12-25(13-18(16)24-19)21(26)20-14(2)22-10-9-17(20)15-7-5-4-6-8-15/h4-11H,3,12-13H2,1-2H3. The lowest BCUT2D eigenvalue weighted by atomic mass is 9.98. The van der Waals surface area contributed by atoms with E-state index in [1.807, 2.05) is 61.3 Å². The van der Waals surface area contributed by atoms with Crippen molar-refractivity contribution in [2.75, 3.05) is 0 Å². The molecule has 26 heavy (non-hydrogen) atoms. The van der Waals surface area contributed by atoms with Crippen molar-refractivity contribution in [2.45, 2.75) is 33.4 Å². The van der Waals surface area contributed by atoms with Crippen LogP contribution in [0.2, 0.25) is 0 Å². The Labute approximate surface area is 152 Å². The van der Waals surface area contributed by atoms with Crippen LogP contribution in [0.5, 0.6) is 0 Å². The van der Waals surface area contributed by atoms with Crippen molar-refractivity contribution >= 4 is 5.91 Å². The van der Waals surface area contributed by atoms with E-state index >= 15 is 0 Å². The number of amides is 1. The van der Waals surface area contributed by atoms with Crippen molar-refractivity contribution in [3.8, 4) is 11.1 Å². The number of carbonyl (C=O) groups is 1. The largest absolute Gasteiger partial charge is 0.328 e. The van der Waals surface area contributed by atoms with Gasteiger partial charge in [0.05, 0.1) is 23.5 Å². The minimum Gasteiger partial charge on any atom is -0.328 e. The van der Waals surface area contributed by atoms with Crippen molar-refractivity contribution in [3.63, 3.8) is 0 Å². The van der Waals surface area contributed by atoms with Crippen LogP contribution in [0.25, 0.3) is 11.1 Å². The highest BCUT2D eigenvalue weighted by Gasteiger charge is 2.28. The Morgan fingerprint density at radius 3 is 2.69 bits per heavy atom. The summed E-state index contributed by atoms with van der Waals surface area (Å²) in [7, 11) is 0. The van der Waals surface area contributed by atoms with Crippen LogP contribution in [0, 0.1) is 6.92 Å². The van der Waals surface area contributed by atoms with Gasteiger partial charge in [0.1, 0.15) is 5.82 Å². The molecular formula is C21H20N4O. The molecule has 1 aliphatic heterocycles. The van der Waals surface area contributed by atoms with E-state index in [0.29, 0.717) is 18.7 Å². The number of nitrogens with zero attached hydrogens (tertiary/aromatic N) is 4. The molecule has 2 aromatic heterocycles. The summed E-state index contributed by atoms with van der Waals surface area (Å²) >= 11 is 0. The minimum absolute atomic E-state index is 0.00879. The maximum absolute atomic E-state index is 13.3. The smallest absolute Gasteiger partial charge is 0.256 e. The molecule has 0 saturated heterocycles. The van der Waals surface area contributed by atoms with Crippen LogP contribution in [-0.2, 0) is 19.5 Å². The van der Waals surface area contributed by atoms with Gasteiger partial charge < -0.3 is 4.90 Å². The first-order valence-electron chi connectivity index (χ1n) is 8.81. The maximum Gasteiger partial charge on any atom is 0.256 e. The number of aromatic nitrogens is 3. The number of pyridine rings is 1. The predicted octanol–water partition coefficient (Wildman–Crippen LogP) is 3.57. The second-order valence-electron chi connectivity index (χ2n) is 6.46. The zero-order valence-corrected chi connectivity index (χ0v) is 14.9. The van der Waals surface area contributed by atoms with E-state index in [1.54, 1.807) is 6.20 Å². The second kappa shape index (κ2) is 6.67. The highest BCUT2D eigenvalue weighted by atomic mass is 16.2. The van der Waals surface area contributed by atoms with E-state index in [2.05, 4.69) is 15.0 Å². The Balaban J connectivity index is 1.70. The molecule has 0 radical (unpaired) electrons. The third-order valence-corrected chi connectivity index (χ3v) is 4.75. The van der Waals surface area contributed by atoms with Crippen LogP contribution in [0.15, 0.2) is 48.8 Å². The number of carbonyl (C=O) groups excluding carboxylic acids is 1. The Bertz CT molecular complexity index is 969. The van der Waals surface area contributed by atoms with Gasteiger partial charge in [-0.2, -0.15) is 0 Å². The first-order valence-corrected chi connectivity index (χ1v) is 8.81. The number of hydrogen-bond acceptors (Lipinski definition) is 4. The molecule has 0 aliphatic carbocycles. The molecular weight excluding hydrogens is 324 g/mol. The van der Waals surface area contributed by atoms with E-state index in [1.165, 1.54) is 0 Å².